The van der Waals surface area contributed by atoms with E-state index in [4.69, 9.17) is 0 Å². The first-order chi connectivity index (χ1) is 11.9. The first-order valence-corrected chi connectivity index (χ1v) is 8.19. The Hall–Kier alpha value is -2.90. The van der Waals surface area contributed by atoms with Gasteiger partial charge in [-0.2, -0.15) is 0 Å². The van der Waals surface area contributed by atoms with Gasteiger partial charge in [0.1, 0.15) is 12.7 Å². The Morgan fingerprint density at radius 3 is 2.68 bits per heavy atom. The average Bonchev–Trinajstić information content (AvgIpc) is 2.88. The lowest BCUT2D eigenvalue weighted by Gasteiger charge is -2.28. The van der Waals surface area contributed by atoms with Crippen LogP contribution in [0.25, 0.3) is 0 Å². The third-order valence-corrected chi connectivity index (χ3v) is 4.60. The Kier molecular flexibility index (Phi) is 4.43. The predicted octanol–water partition coefficient (Wildman–Crippen LogP) is 2.36. The summed E-state index contributed by atoms with van der Waals surface area (Å²) in [6, 6.07) is 7.85. The fraction of sp³-hybridized carbons (Fsp3) is 0.412. The number of aromatic nitrogens is 2. The normalized spacial score (nSPS) is 17.2. The van der Waals surface area contributed by atoms with Gasteiger partial charge in [0.15, 0.2) is 0 Å². The van der Waals surface area contributed by atoms with E-state index in [1.807, 2.05) is 38.2 Å². The van der Waals surface area contributed by atoms with Crippen LogP contribution in [0.4, 0.5) is 17.2 Å². The molecule has 132 valence electrons. The molecule has 0 saturated carbocycles. The third kappa shape index (κ3) is 3.19. The van der Waals surface area contributed by atoms with E-state index in [9.17, 15) is 14.9 Å². The second kappa shape index (κ2) is 6.54. The molecule has 25 heavy (non-hydrogen) atoms. The minimum Gasteiger partial charge on any atom is -0.373 e. The highest BCUT2D eigenvalue weighted by Crippen LogP contribution is 2.33. The number of para-hydroxylation sites is 2. The van der Waals surface area contributed by atoms with Crippen molar-refractivity contribution in [2.75, 3.05) is 23.4 Å². The number of hydrogen-bond donors (Lipinski definition) is 0. The van der Waals surface area contributed by atoms with Crippen molar-refractivity contribution in [3.63, 3.8) is 0 Å². The molecule has 1 unspecified atom stereocenters. The number of nitrogens with zero attached hydrogens (tertiary/aromatic N) is 5. The molecule has 0 fully saturated rings. The number of aryl methyl sites for hydroxylation is 1. The number of fused-ring (bicyclic) bond motifs is 1. The zero-order valence-corrected chi connectivity index (χ0v) is 14.5. The van der Waals surface area contributed by atoms with E-state index >= 15 is 0 Å². The first kappa shape index (κ1) is 16.9. The van der Waals surface area contributed by atoms with Crippen LogP contribution < -0.4 is 9.80 Å². The lowest BCUT2D eigenvalue weighted by molar-refractivity contribution is -0.389. The molecule has 1 atom stereocenters. The highest BCUT2D eigenvalue weighted by molar-refractivity contribution is 5.97. The monoisotopic (exact) mass is 343 g/mol. The highest BCUT2D eigenvalue weighted by atomic mass is 16.6. The summed E-state index contributed by atoms with van der Waals surface area (Å²) < 4.78 is 1.53. The molecule has 1 aromatic heterocycles. The van der Waals surface area contributed by atoms with Gasteiger partial charge in [-0.15, -0.1) is 0 Å². The number of hydrogen-bond acceptors (Lipinski definition) is 5. The summed E-state index contributed by atoms with van der Waals surface area (Å²) in [6.45, 7) is 4.57. The molecule has 0 N–H and O–H groups in total. The highest BCUT2D eigenvalue weighted by Gasteiger charge is 2.29. The van der Waals surface area contributed by atoms with Crippen LogP contribution in [-0.4, -0.2) is 40.0 Å². The number of carbonyl (C=O) groups excluding carboxylic acids is 1. The number of anilines is 2. The van der Waals surface area contributed by atoms with Crippen LogP contribution in [0.1, 0.15) is 19.2 Å². The van der Waals surface area contributed by atoms with Crippen molar-refractivity contribution in [3.05, 3.63) is 46.4 Å². The predicted molar refractivity (Wildman–Crippen MR) is 94.9 cm³/mol. The van der Waals surface area contributed by atoms with Gasteiger partial charge in [0.05, 0.1) is 11.4 Å². The summed E-state index contributed by atoms with van der Waals surface area (Å²) in [6.07, 6.45) is 2.16. The van der Waals surface area contributed by atoms with E-state index in [1.54, 1.807) is 11.8 Å². The van der Waals surface area contributed by atoms with Crippen LogP contribution in [0.3, 0.4) is 0 Å². The molecule has 3 rings (SSSR count). The van der Waals surface area contributed by atoms with Crippen molar-refractivity contribution in [2.24, 2.45) is 0 Å². The Labute approximate surface area is 145 Å². The SMILES string of the molecule is Cc1nc([N+](=O)[O-])cn1CC(=O)N1c2ccccc2N(C)CCC1C. The molecule has 2 heterocycles. The largest absolute Gasteiger partial charge is 0.381 e. The molecule has 1 aliphatic rings. The lowest BCUT2D eigenvalue weighted by atomic mass is 10.1. The Morgan fingerprint density at radius 2 is 2.04 bits per heavy atom. The van der Waals surface area contributed by atoms with Crippen molar-refractivity contribution in [1.82, 2.24) is 9.55 Å². The van der Waals surface area contributed by atoms with Crippen LogP contribution in [0.2, 0.25) is 0 Å². The number of rotatable bonds is 3. The lowest BCUT2D eigenvalue weighted by Crippen LogP contribution is -2.40. The molecule has 1 aromatic carbocycles. The van der Waals surface area contributed by atoms with Gasteiger partial charge in [0, 0.05) is 26.6 Å². The van der Waals surface area contributed by atoms with Gasteiger partial charge in [-0.25, -0.2) is 0 Å². The third-order valence-electron chi connectivity index (χ3n) is 4.60. The molecule has 8 heteroatoms. The maximum atomic E-state index is 13.0. The quantitative estimate of drug-likeness (QED) is 0.631. The van der Waals surface area contributed by atoms with Crippen molar-refractivity contribution in [2.45, 2.75) is 32.9 Å². The Balaban J connectivity index is 1.93. The Bertz CT molecular complexity index is 816. The van der Waals surface area contributed by atoms with Crippen molar-refractivity contribution < 1.29 is 9.72 Å². The van der Waals surface area contributed by atoms with E-state index in [-0.39, 0.29) is 24.3 Å². The summed E-state index contributed by atoms with van der Waals surface area (Å²) in [4.78, 5) is 31.2. The topological polar surface area (TPSA) is 84.5 Å². The van der Waals surface area contributed by atoms with E-state index < -0.39 is 4.92 Å². The van der Waals surface area contributed by atoms with Crippen molar-refractivity contribution in [3.8, 4) is 0 Å². The molecule has 1 amide bonds. The summed E-state index contributed by atoms with van der Waals surface area (Å²) in [5.74, 6) is 0.105. The number of imidazole rings is 1. The van der Waals surface area contributed by atoms with Gasteiger partial charge in [0.2, 0.25) is 11.7 Å². The van der Waals surface area contributed by atoms with E-state index in [0.717, 1.165) is 24.3 Å². The van der Waals surface area contributed by atoms with Gasteiger partial charge in [0.25, 0.3) is 0 Å². The molecule has 0 radical (unpaired) electrons. The smallest absolute Gasteiger partial charge is 0.373 e. The maximum Gasteiger partial charge on any atom is 0.381 e. The standard InChI is InChI=1S/C17H21N5O3/c1-12-8-9-19(3)14-6-4-5-7-15(14)21(12)17(23)11-20-10-16(22(24)25)18-13(20)2/h4-7,10,12H,8-9,11H2,1-3H3. The minimum absolute atomic E-state index is 0.0229. The number of carbonyl (C=O) groups is 1. The average molecular weight is 343 g/mol. The van der Waals surface area contributed by atoms with Crippen LogP contribution >= 0.6 is 0 Å². The van der Waals surface area contributed by atoms with Crippen LogP contribution in [0.15, 0.2) is 30.5 Å². The zero-order valence-electron chi connectivity index (χ0n) is 14.5. The van der Waals surface area contributed by atoms with Gasteiger partial charge in [-0.3, -0.25) is 9.36 Å². The molecule has 8 nitrogen and oxygen atoms in total. The van der Waals surface area contributed by atoms with Gasteiger partial charge in [-0.05, 0) is 35.4 Å². The molecule has 1 aliphatic heterocycles. The number of nitro groups is 1. The molecular weight excluding hydrogens is 322 g/mol. The van der Waals surface area contributed by atoms with E-state index in [1.165, 1.54) is 10.8 Å². The van der Waals surface area contributed by atoms with Gasteiger partial charge in [-0.1, -0.05) is 12.1 Å². The second-order valence-electron chi connectivity index (χ2n) is 6.34. The van der Waals surface area contributed by atoms with E-state index in [2.05, 4.69) is 9.88 Å². The van der Waals surface area contributed by atoms with Crippen LogP contribution in [0, 0.1) is 17.0 Å². The fourth-order valence-corrected chi connectivity index (χ4v) is 3.20. The molecule has 0 aliphatic carbocycles. The summed E-state index contributed by atoms with van der Waals surface area (Å²) in [5.41, 5.74) is 1.88. The molecule has 0 spiro atoms. The Morgan fingerprint density at radius 1 is 1.36 bits per heavy atom. The maximum absolute atomic E-state index is 13.0. The number of amides is 1. The van der Waals surface area contributed by atoms with Crippen LogP contribution in [0.5, 0.6) is 0 Å². The van der Waals surface area contributed by atoms with Gasteiger partial charge >= 0.3 is 5.82 Å². The first-order valence-electron chi connectivity index (χ1n) is 8.19. The van der Waals surface area contributed by atoms with E-state index in [0.29, 0.717) is 5.82 Å². The molecule has 2 aromatic rings. The number of benzene rings is 1. The van der Waals surface area contributed by atoms with Crippen LogP contribution in [-0.2, 0) is 11.3 Å². The summed E-state index contributed by atoms with van der Waals surface area (Å²) in [7, 11) is 2.02. The second-order valence-corrected chi connectivity index (χ2v) is 6.34. The summed E-state index contributed by atoms with van der Waals surface area (Å²) >= 11 is 0. The molecular formula is C17H21N5O3. The van der Waals surface area contributed by atoms with Crippen molar-refractivity contribution >= 4 is 23.1 Å². The fourth-order valence-electron chi connectivity index (χ4n) is 3.20. The molecule has 0 saturated heterocycles. The summed E-state index contributed by atoms with van der Waals surface area (Å²) in [5, 5.41) is 10.9. The zero-order chi connectivity index (χ0) is 18.1. The van der Waals surface area contributed by atoms with Crippen molar-refractivity contribution in [1.29, 1.82) is 0 Å². The van der Waals surface area contributed by atoms with Gasteiger partial charge < -0.3 is 19.9 Å². The molecule has 0 bridgehead atoms. The minimum atomic E-state index is -0.549.